The van der Waals surface area contributed by atoms with E-state index in [0.29, 0.717) is 0 Å². The molecular weight excluding hydrogens is 326 g/mol. The van der Waals surface area contributed by atoms with Crippen molar-refractivity contribution in [2.45, 2.75) is 4.90 Å². The van der Waals surface area contributed by atoms with Crippen LogP contribution in [0.4, 0.5) is 5.69 Å². The number of nitrogens with zero attached hydrogens (tertiary/aromatic N) is 1. The molecule has 0 N–H and O–H groups in total. The number of hydrogen-bond acceptors (Lipinski definition) is 7. The van der Waals surface area contributed by atoms with Crippen LogP contribution in [0.15, 0.2) is 47.4 Å². The van der Waals surface area contributed by atoms with E-state index in [1.165, 1.54) is 31.4 Å². The first-order chi connectivity index (χ1) is 10.9. The van der Waals surface area contributed by atoms with E-state index in [0.717, 1.165) is 12.1 Å². The molecular formula is C14H11NO7S. The number of methoxy groups -OCH3 is 1. The van der Waals surface area contributed by atoms with Crippen molar-refractivity contribution >= 4 is 22.1 Å². The van der Waals surface area contributed by atoms with Crippen LogP contribution in [0.1, 0.15) is 10.4 Å². The lowest BCUT2D eigenvalue weighted by atomic mass is 10.1. The quantitative estimate of drug-likeness (QED) is 0.343. The minimum Gasteiger partial charge on any atom is -0.493 e. The van der Waals surface area contributed by atoms with Crippen LogP contribution in [-0.4, -0.2) is 26.7 Å². The molecule has 0 aromatic heterocycles. The highest BCUT2D eigenvalue weighted by atomic mass is 32.2. The molecule has 120 valence electrons. The van der Waals surface area contributed by atoms with Crippen molar-refractivity contribution in [2.24, 2.45) is 0 Å². The maximum atomic E-state index is 12.3. The Kier molecular flexibility index (Phi) is 4.60. The fourth-order valence-electron chi connectivity index (χ4n) is 1.83. The number of aldehydes is 1. The Bertz CT molecular complexity index is 847. The minimum absolute atomic E-state index is 0.114. The van der Waals surface area contributed by atoms with Crippen molar-refractivity contribution in [3.05, 3.63) is 58.1 Å². The fourth-order valence-corrected chi connectivity index (χ4v) is 2.81. The van der Waals surface area contributed by atoms with Crippen LogP contribution >= 0.6 is 0 Å². The van der Waals surface area contributed by atoms with Gasteiger partial charge in [0.2, 0.25) is 5.75 Å². The molecule has 0 fully saturated rings. The van der Waals surface area contributed by atoms with Gasteiger partial charge < -0.3 is 8.92 Å². The first-order valence-corrected chi connectivity index (χ1v) is 7.61. The van der Waals surface area contributed by atoms with E-state index in [4.69, 9.17) is 8.92 Å². The van der Waals surface area contributed by atoms with Crippen molar-refractivity contribution in [1.29, 1.82) is 0 Å². The van der Waals surface area contributed by atoms with Crippen LogP contribution in [0, 0.1) is 10.1 Å². The smallest absolute Gasteiger partial charge is 0.339 e. The van der Waals surface area contributed by atoms with Crippen molar-refractivity contribution in [1.82, 2.24) is 0 Å². The van der Waals surface area contributed by atoms with Gasteiger partial charge in [-0.25, -0.2) is 0 Å². The molecule has 0 spiro atoms. The van der Waals surface area contributed by atoms with E-state index in [1.54, 1.807) is 6.07 Å². The van der Waals surface area contributed by atoms with Gasteiger partial charge in [-0.05, 0) is 18.2 Å². The number of carbonyl (C=O) groups is 1. The second kappa shape index (κ2) is 6.44. The second-order valence-electron chi connectivity index (χ2n) is 4.26. The average Bonchev–Trinajstić information content (AvgIpc) is 2.54. The SMILES string of the molecule is COc1ccc([N+](=O)[O-])c(C=O)c1OS(=O)(=O)c1ccccc1. The highest BCUT2D eigenvalue weighted by Crippen LogP contribution is 2.37. The molecule has 0 heterocycles. The number of nitro groups is 1. The van der Waals surface area contributed by atoms with Crippen LogP contribution in [0.2, 0.25) is 0 Å². The van der Waals surface area contributed by atoms with E-state index >= 15 is 0 Å². The third-order valence-corrected chi connectivity index (χ3v) is 4.13. The van der Waals surface area contributed by atoms with Gasteiger partial charge in [0, 0.05) is 6.07 Å². The highest BCUT2D eigenvalue weighted by Gasteiger charge is 2.27. The molecule has 2 aromatic rings. The summed E-state index contributed by atoms with van der Waals surface area (Å²) in [7, 11) is -3.06. The average molecular weight is 337 g/mol. The minimum atomic E-state index is -4.28. The third-order valence-electron chi connectivity index (χ3n) is 2.90. The summed E-state index contributed by atoms with van der Waals surface area (Å²) in [5.74, 6) is -0.641. The zero-order valence-corrected chi connectivity index (χ0v) is 12.6. The molecule has 2 rings (SSSR count). The Balaban J connectivity index is 2.60. The Labute approximate surface area is 131 Å². The summed E-state index contributed by atoms with van der Waals surface area (Å²) in [4.78, 5) is 21.2. The highest BCUT2D eigenvalue weighted by molar-refractivity contribution is 7.87. The van der Waals surface area contributed by atoms with Gasteiger partial charge in [0.05, 0.1) is 12.0 Å². The van der Waals surface area contributed by atoms with E-state index in [9.17, 15) is 23.3 Å². The molecule has 0 amide bonds. The topological polar surface area (TPSA) is 113 Å². The second-order valence-corrected chi connectivity index (χ2v) is 5.80. The maximum Gasteiger partial charge on any atom is 0.339 e. The van der Waals surface area contributed by atoms with E-state index < -0.39 is 32.0 Å². The maximum absolute atomic E-state index is 12.3. The number of rotatable bonds is 6. The monoisotopic (exact) mass is 337 g/mol. The third kappa shape index (κ3) is 3.29. The van der Waals surface area contributed by atoms with Gasteiger partial charge in [0.15, 0.2) is 12.0 Å². The number of hydrogen-bond donors (Lipinski definition) is 0. The first-order valence-electron chi connectivity index (χ1n) is 6.21. The summed E-state index contributed by atoms with van der Waals surface area (Å²) in [6.07, 6.45) is 0.149. The summed E-state index contributed by atoms with van der Waals surface area (Å²) in [5.41, 5.74) is -1.10. The van der Waals surface area contributed by atoms with Crippen molar-refractivity contribution in [3.8, 4) is 11.5 Å². The van der Waals surface area contributed by atoms with E-state index in [2.05, 4.69) is 0 Å². The van der Waals surface area contributed by atoms with Crippen LogP contribution in [0.25, 0.3) is 0 Å². The molecule has 0 aliphatic heterocycles. The zero-order valence-electron chi connectivity index (χ0n) is 11.8. The van der Waals surface area contributed by atoms with Crippen LogP contribution < -0.4 is 8.92 Å². The zero-order chi connectivity index (χ0) is 17.0. The van der Waals surface area contributed by atoms with Gasteiger partial charge in [-0.3, -0.25) is 14.9 Å². The number of benzene rings is 2. The summed E-state index contributed by atoms with van der Waals surface area (Å²) in [6, 6.07) is 9.36. The van der Waals surface area contributed by atoms with Gasteiger partial charge >= 0.3 is 10.1 Å². The molecule has 8 nitrogen and oxygen atoms in total. The first kappa shape index (κ1) is 16.4. The van der Waals surface area contributed by atoms with Gasteiger partial charge in [-0.1, -0.05) is 18.2 Å². The lowest BCUT2D eigenvalue weighted by molar-refractivity contribution is -0.385. The Morgan fingerprint density at radius 2 is 1.78 bits per heavy atom. The lowest BCUT2D eigenvalue weighted by Crippen LogP contribution is -2.12. The van der Waals surface area contributed by atoms with E-state index in [1.807, 2.05) is 0 Å². The molecule has 0 saturated heterocycles. The summed E-state index contributed by atoms with van der Waals surface area (Å²) < 4.78 is 34.4. The summed E-state index contributed by atoms with van der Waals surface area (Å²) >= 11 is 0. The summed E-state index contributed by atoms with van der Waals surface area (Å²) in [6.45, 7) is 0. The Morgan fingerprint density at radius 1 is 1.13 bits per heavy atom. The molecule has 0 atom stereocenters. The standard InChI is InChI=1S/C14H11NO7S/c1-21-13-8-7-12(15(17)18)11(9-16)14(13)22-23(19,20)10-5-3-2-4-6-10/h2-9H,1H3. The van der Waals surface area contributed by atoms with Crippen LogP contribution in [0.3, 0.4) is 0 Å². The van der Waals surface area contributed by atoms with Crippen LogP contribution in [0.5, 0.6) is 11.5 Å². The molecule has 23 heavy (non-hydrogen) atoms. The predicted octanol–water partition coefficient (Wildman–Crippen LogP) is 2.18. The molecule has 0 aliphatic rings. The molecule has 9 heteroatoms. The molecule has 0 radical (unpaired) electrons. The van der Waals surface area contributed by atoms with Crippen LogP contribution in [-0.2, 0) is 10.1 Å². The van der Waals surface area contributed by atoms with Gasteiger partial charge in [-0.2, -0.15) is 8.42 Å². The van der Waals surface area contributed by atoms with Crippen molar-refractivity contribution in [3.63, 3.8) is 0 Å². The number of nitro benzene ring substituents is 1. The normalized spacial score (nSPS) is 10.8. The number of ether oxygens (including phenoxy) is 1. The lowest BCUT2D eigenvalue weighted by Gasteiger charge is -2.12. The Hall–Kier alpha value is -2.94. The summed E-state index contributed by atoms with van der Waals surface area (Å²) in [5, 5.41) is 11.0. The number of carbonyl (C=O) groups excluding carboxylic acids is 1. The molecule has 0 aliphatic carbocycles. The van der Waals surface area contributed by atoms with Gasteiger partial charge in [0.1, 0.15) is 10.5 Å². The molecule has 0 saturated carbocycles. The fraction of sp³-hybridized carbons (Fsp3) is 0.0714. The van der Waals surface area contributed by atoms with Crippen molar-refractivity contribution in [2.75, 3.05) is 7.11 Å². The van der Waals surface area contributed by atoms with Gasteiger partial charge in [-0.15, -0.1) is 0 Å². The molecule has 0 bridgehead atoms. The van der Waals surface area contributed by atoms with E-state index in [-0.39, 0.29) is 16.9 Å². The Morgan fingerprint density at radius 3 is 2.30 bits per heavy atom. The van der Waals surface area contributed by atoms with Crippen molar-refractivity contribution < 1.29 is 27.1 Å². The molecule has 2 aromatic carbocycles. The largest absolute Gasteiger partial charge is 0.493 e. The van der Waals surface area contributed by atoms with Gasteiger partial charge in [0.25, 0.3) is 5.69 Å². The predicted molar refractivity (Wildman–Crippen MR) is 79.3 cm³/mol. The molecule has 0 unspecified atom stereocenters.